The van der Waals surface area contributed by atoms with Crippen molar-refractivity contribution < 1.29 is 19.1 Å². The smallest absolute Gasteiger partial charge is 0.185 e. The molecular weight excluding hydrogens is 383 g/mol. The number of carboxylic acid groups (broad SMARTS) is 1. The topological polar surface area (TPSA) is 75.0 Å². The van der Waals surface area contributed by atoms with Crippen LogP contribution in [0.25, 0.3) is 17.3 Å². The van der Waals surface area contributed by atoms with Crippen LogP contribution in [-0.2, 0) is 11.3 Å². The molecule has 3 aromatic rings. The average Bonchev–Trinajstić information content (AvgIpc) is 3.09. The van der Waals surface area contributed by atoms with Gasteiger partial charge >= 0.3 is 0 Å². The number of hydrogen-bond donors (Lipinski definition) is 0. The van der Waals surface area contributed by atoms with E-state index in [0.717, 1.165) is 5.56 Å². The molecule has 0 spiro atoms. The van der Waals surface area contributed by atoms with Crippen LogP contribution in [0.15, 0.2) is 60.8 Å². The van der Waals surface area contributed by atoms with E-state index in [0.29, 0.717) is 21.8 Å². The van der Waals surface area contributed by atoms with Crippen LogP contribution in [-0.4, -0.2) is 21.5 Å². The first-order valence-electron chi connectivity index (χ1n) is 8.43. The molecule has 28 heavy (non-hydrogen) atoms. The number of aromatic nitrogens is 2. The Morgan fingerprint density at radius 1 is 1.11 bits per heavy atom. The van der Waals surface area contributed by atoms with Crippen molar-refractivity contribution in [3.05, 3.63) is 82.8 Å². The Balaban J connectivity index is 1.90. The molecule has 142 valence electrons. The summed E-state index contributed by atoms with van der Waals surface area (Å²) in [6.07, 6.45) is 4.44. The van der Waals surface area contributed by atoms with Gasteiger partial charge < -0.3 is 9.90 Å². The van der Waals surface area contributed by atoms with Gasteiger partial charge in [0.1, 0.15) is 5.82 Å². The van der Waals surface area contributed by atoms with E-state index < -0.39 is 11.8 Å². The first-order chi connectivity index (χ1) is 13.4. The summed E-state index contributed by atoms with van der Waals surface area (Å²) in [6, 6.07) is 12.3. The molecule has 7 heteroatoms. The minimum absolute atomic E-state index is 0.142. The molecule has 0 saturated heterocycles. The summed E-state index contributed by atoms with van der Waals surface area (Å²) in [6.45, 7) is 0.142. The number of nitrogens with zero attached hydrogens (tertiary/aromatic N) is 2. The fraction of sp³-hybridized carbons (Fsp3) is 0.0952. The van der Waals surface area contributed by atoms with E-state index in [1.54, 1.807) is 36.5 Å². The molecule has 0 unspecified atom stereocenters. The van der Waals surface area contributed by atoms with Gasteiger partial charge in [0, 0.05) is 46.8 Å². The van der Waals surface area contributed by atoms with E-state index in [2.05, 4.69) is 5.10 Å². The molecule has 0 aliphatic rings. The highest BCUT2D eigenvalue weighted by atomic mass is 35.5. The normalized spacial score (nSPS) is 11.1. The monoisotopic (exact) mass is 397 g/mol. The van der Waals surface area contributed by atoms with Crippen molar-refractivity contribution in [3.63, 3.8) is 0 Å². The number of allylic oxidation sites excluding steroid dienone is 1. The molecule has 0 bridgehead atoms. The van der Waals surface area contributed by atoms with Crippen LogP contribution < -0.4 is 5.11 Å². The molecule has 0 atom stereocenters. The van der Waals surface area contributed by atoms with E-state index >= 15 is 0 Å². The third-order valence-corrected chi connectivity index (χ3v) is 4.25. The number of benzene rings is 2. The van der Waals surface area contributed by atoms with Crippen LogP contribution in [0.4, 0.5) is 4.39 Å². The molecule has 0 saturated carbocycles. The Kier molecular flexibility index (Phi) is 6.01. The summed E-state index contributed by atoms with van der Waals surface area (Å²) in [7, 11) is 0. The second kappa shape index (κ2) is 8.63. The number of carbonyl (C=O) groups is 2. The van der Waals surface area contributed by atoms with E-state index in [1.807, 2.05) is 0 Å². The zero-order valence-corrected chi connectivity index (χ0v) is 15.4. The highest BCUT2D eigenvalue weighted by Crippen LogP contribution is 2.25. The summed E-state index contributed by atoms with van der Waals surface area (Å²) in [5.41, 5.74) is 2.34. The lowest BCUT2D eigenvalue weighted by Crippen LogP contribution is -2.23. The van der Waals surface area contributed by atoms with Crippen molar-refractivity contribution in [2.75, 3.05) is 0 Å². The quantitative estimate of drug-likeness (QED) is 0.452. The van der Waals surface area contributed by atoms with Crippen LogP contribution in [0.5, 0.6) is 0 Å². The molecule has 0 aliphatic heterocycles. The Morgan fingerprint density at radius 2 is 1.79 bits per heavy atom. The van der Waals surface area contributed by atoms with Crippen LogP contribution in [0.2, 0.25) is 5.02 Å². The Bertz CT molecular complexity index is 1020. The average molecular weight is 398 g/mol. The van der Waals surface area contributed by atoms with Gasteiger partial charge in [-0.25, -0.2) is 4.39 Å². The maximum absolute atomic E-state index is 13.0. The Morgan fingerprint density at radius 3 is 2.43 bits per heavy atom. The number of carbonyl (C=O) groups excluding carboxylic acids is 2. The highest BCUT2D eigenvalue weighted by molar-refractivity contribution is 6.30. The largest absolute Gasteiger partial charge is 0.550 e. The van der Waals surface area contributed by atoms with Crippen molar-refractivity contribution in [1.82, 2.24) is 9.78 Å². The van der Waals surface area contributed by atoms with Crippen molar-refractivity contribution in [2.45, 2.75) is 13.0 Å². The third kappa shape index (κ3) is 4.92. The van der Waals surface area contributed by atoms with E-state index in [9.17, 15) is 19.1 Å². The number of hydrogen-bond acceptors (Lipinski definition) is 4. The molecule has 1 heterocycles. The molecule has 3 rings (SSSR count). The van der Waals surface area contributed by atoms with Crippen LogP contribution in [0.3, 0.4) is 0 Å². The number of rotatable bonds is 7. The van der Waals surface area contributed by atoms with Gasteiger partial charge in [0.2, 0.25) is 0 Å². The predicted octanol–water partition coefficient (Wildman–Crippen LogP) is 3.38. The number of aryl methyl sites for hydroxylation is 1. The van der Waals surface area contributed by atoms with E-state index in [4.69, 9.17) is 11.6 Å². The standard InChI is InChI=1S/C21H16ClFN2O3/c22-17-6-1-15(2-7-17)21-16(13-25(24-21)12-11-20(27)28)5-10-19(26)14-3-8-18(23)9-4-14/h1-10,13H,11-12H2,(H,27,28)/p-1/b10-5+. The number of carboxylic acids is 1. The van der Waals surface area contributed by atoms with Crippen LogP contribution in [0, 0.1) is 5.82 Å². The number of aliphatic carboxylic acids is 1. The first-order valence-corrected chi connectivity index (χ1v) is 8.81. The summed E-state index contributed by atoms with van der Waals surface area (Å²) in [5.74, 6) is -1.88. The lowest BCUT2D eigenvalue weighted by Gasteiger charge is -2.02. The van der Waals surface area contributed by atoms with Gasteiger partial charge in [0.15, 0.2) is 5.78 Å². The molecule has 1 aromatic heterocycles. The summed E-state index contributed by atoms with van der Waals surface area (Å²) >= 11 is 5.93. The molecule has 5 nitrogen and oxygen atoms in total. The summed E-state index contributed by atoms with van der Waals surface area (Å²) < 4.78 is 14.5. The third-order valence-electron chi connectivity index (χ3n) is 4.00. The van der Waals surface area contributed by atoms with Gasteiger partial charge in [0.25, 0.3) is 0 Å². The number of halogens is 2. The second-order valence-electron chi connectivity index (χ2n) is 6.03. The summed E-state index contributed by atoms with van der Waals surface area (Å²) in [5, 5.41) is 15.7. The lowest BCUT2D eigenvalue weighted by atomic mass is 10.1. The maximum atomic E-state index is 13.0. The SMILES string of the molecule is O=C([O-])CCn1cc(/C=C/C(=O)c2ccc(F)cc2)c(-c2ccc(Cl)cc2)n1. The highest BCUT2D eigenvalue weighted by Gasteiger charge is 2.10. The minimum Gasteiger partial charge on any atom is -0.550 e. The fourth-order valence-corrected chi connectivity index (χ4v) is 2.71. The number of ketones is 1. The van der Waals surface area contributed by atoms with Crippen molar-refractivity contribution in [2.24, 2.45) is 0 Å². The predicted molar refractivity (Wildman–Crippen MR) is 102 cm³/mol. The molecule has 0 N–H and O–H groups in total. The van der Waals surface area contributed by atoms with Crippen LogP contribution >= 0.6 is 11.6 Å². The van der Waals surface area contributed by atoms with Crippen molar-refractivity contribution in [1.29, 1.82) is 0 Å². The van der Waals surface area contributed by atoms with Gasteiger partial charge in [-0.2, -0.15) is 5.10 Å². The van der Waals surface area contributed by atoms with Gasteiger partial charge in [-0.05, 0) is 48.6 Å². The van der Waals surface area contributed by atoms with Gasteiger partial charge in [-0.1, -0.05) is 23.7 Å². The lowest BCUT2D eigenvalue weighted by molar-refractivity contribution is -0.306. The second-order valence-corrected chi connectivity index (χ2v) is 6.47. The molecule has 0 amide bonds. The van der Waals surface area contributed by atoms with E-state index in [1.165, 1.54) is 35.0 Å². The zero-order chi connectivity index (χ0) is 20.1. The van der Waals surface area contributed by atoms with Gasteiger partial charge in [0.05, 0.1) is 5.69 Å². The Hall–Kier alpha value is -3.25. The van der Waals surface area contributed by atoms with Gasteiger partial charge in [-0.3, -0.25) is 9.48 Å². The van der Waals surface area contributed by atoms with Gasteiger partial charge in [-0.15, -0.1) is 0 Å². The Labute approximate surface area is 165 Å². The summed E-state index contributed by atoms with van der Waals surface area (Å²) in [4.78, 5) is 23.0. The molecular formula is C21H15ClFN2O3-. The first kappa shape index (κ1) is 19.5. The molecule has 0 fully saturated rings. The molecule has 2 aromatic carbocycles. The minimum atomic E-state index is -1.17. The maximum Gasteiger partial charge on any atom is 0.185 e. The molecule has 0 radical (unpaired) electrons. The van der Waals surface area contributed by atoms with Crippen LogP contribution in [0.1, 0.15) is 22.3 Å². The van der Waals surface area contributed by atoms with Crippen molar-refractivity contribution in [3.8, 4) is 11.3 Å². The van der Waals surface area contributed by atoms with Crippen molar-refractivity contribution >= 4 is 29.4 Å². The zero-order valence-electron chi connectivity index (χ0n) is 14.6. The fourth-order valence-electron chi connectivity index (χ4n) is 2.59. The molecule has 0 aliphatic carbocycles. The van der Waals surface area contributed by atoms with E-state index in [-0.39, 0.29) is 18.7 Å².